The highest BCUT2D eigenvalue weighted by Crippen LogP contribution is 2.17. The molecule has 1 unspecified atom stereocenters. The molecule has 0 aliphatic heterocycles. The van der Waals surface area contributed by atoms with Crippen LogP contribution in [-0.4, -0.2) is 11.8 Å². The van der Waals surface area contributed by atoms with E-state index in [9.17, 15) is 9.59 Å². The van der Waals surface area contributed by atoms with Crippen LogP contribution in [0.25, 0.3) is 0 Å². The predicted molar refractivity (Wildman–Crippen MR) is 70.6 cm³/mol. The Morgan fingerprint density at radius 3 is 2.22 bits per heavy atom. The second-order valence-corrected chi connectivity index (χ2v) is 4.24. The molecule has 2 atom stereocenters. The summed E-state index contributed by atoms with van der Waals surface area (Å²) in [6.45, 7) is 3.77. The predicted octanol–water partition coefficient (Wildman–Crippen LogP) is 1.77. The van der Waals surface area contributed by atoms with Gasteiger partial charge in [-0.3, -0.25) is 9.59 Å². The second kappa shape index (κ2) is 6.79. The van der Waals surface area contributed by atoms with Crippen molar-refractivity contribution < 1.29 is 9.59 Å². The van der Waals surface area contributed by atoms with Crippen LogP contribution in [0.15, 0.2) is 30.3 Å². The third kappa shape index (κ3) is 3.58. The molecule has 1 aromatic rings. The maximum Gasteiger partial charge on any atom is 0.233 e. The summed E-state index contributed by atoms with van der Waals surface area (Å²) in [5.41, 5.74) is 6.24. The van der Waals surface area contributed by atoms with Gasteiger partial charge in [0, 0.05) is 0 Å². The van der Waals surface area contributed by atoms with Crippen molar-refractivity contribution in [2.24, 2.45) is 11.7 Å². The van der Waals surface area contributed by atoms with Crippen LogP contribution < -0.4 is 11.1 Å². The highest BCUT2D eigenvalue weighted by Gasteiger charge is 2.24. The normalized spacial score (nSPS) is 13.7. The molecule has 0 radical (unpaired) electrons. The lowest BCUT2D eigenvalue weighted by molar-refractivity contribution is -0.134. The summed E-state index contributed by atoms with van der Waals surface area (Å²) >= 11 is 0. The minimum Gasteiger partial charge on any atom is -0.369 e. The Kier molecular flexibility index (Phi) is 5.36. The van der Waals surface area contributed by atoms with E-state index in [0.29, 0.717) is 6.42 Å². The Balaban J connectivity index is 2.75. The van der Waals surface area contributed by atoms with E-state index in [1.165, 1.54) is 0 Å². The van der Waals surface area contributed by atoms with E-state index in [4.69, 9.17) is 5.73 Å². The molecule has 0 fully saturated rings. The maximum absolute atomic E-state index is 11.9. The van der Waals surface area contributed by atoms with Gasteiger partial charge in [-0.05, 0) is 18.4 Å². The molecule has 18 heavy (non-hydrogen) atoms. The molecular formula is C14H20N2O2. The standard InChI is InChI=1S/C14H20N2O2/c1-3-11(13(15)17)14(18)16-12(4-2)10-8-6-5-7-9-10/h5-9,11-12H,3-4H2,1-2H3,(H2,15,17)(H,16,18)/t11?,12-/m0/s1. The average Bonchev–Trinajstić information content (AvgIpc) is 2.37. The fourth-order valence-corrected chi connectivity index (χ4v) is 1.89. The van der Waals surface area contributed by atoms with Gasteiger partial charge in [-0.15, -0.1) is 0 Å². The summed E-state index contributed by atoms with van der Waals surface area (Å²) in [5.74, 6) is -1.61. The Bertz CT molecular complexity index is 404. The zero-order valence-corrected chi connectivity index (χ0v) is 10.8. The van der Waals surface area contributed by atoms with Crippen LogP contribution in [0.1, 0.15) is 38.3 Å². The molecule has 1 rings (SSSR count). The fraction of sp³-hybridized carbons (Fsp3) is 0.429. The smallest absolute Gasteiger partial charge is 0.233 e. The van der Waals surface area contributed by atoms with Gasteiger partial charge >= 0.3 is 0 Å². The molecule has 98 valence electrons. The number of benzene rings is 1. The Labute approximate surface area is 108 Å². The summed E-state index contributed by atoms with van der Waals surface area (Å²) in [7, 11) is 0. The van der Waals surface area contributed by atoms with Crippen molar-refractivity contribution in [3.05, 3.63) is 35.9 Å². The lowest BCUT2D eigenvalue weighted by Crippen LogP contribution is -2.40. The molecule has 0 heterocycles. The number of primary amides is 1. The lowest BCUT2D eigenvalue weighted by atomic mass is 10.0. The van der Waals surface area contributed by atoms with Gasteiger partial charge in [-0.25, -0.2) is 0 Å². The number of carbonyl (C=O) groups excluding carboxylic acids is 2. The molecule has 0 aliphatic rings. The Hall–Kier alpha value is -1.84. The van der Waals surface area contributed by atoms with Crippen LogP contribution in [0.5, 0.6) is 0 Å². The second-order valence-electron chi connectivity index (χ2n) is 4.24. The molecule has 0 saturated carbocycles. The number of nitrogens with one attached hydrogen (secondary N) is 1. The number of hydrogen-bond acceptors (Lipinski definition) is 2. The quantitative estimate of drug-likeness (QED) is 0.753. The van der Waals surface area contributed by atoms with E-state index >= 15 is 0 Å². The van der Waals surface area contributed by atoms with Gasteiger partial charge in [-0.2, -0.15) is 0 Å². The largest absolute Gasteiger partial charge is 0.369 e. The molecular weight excluding hydrogens is 228 g/mol. The molecule has 0 aromatic heterocycles. The highest BCUT2D eigenvalue weighted by atomic mass is 16.2. The summed E-state index contributed by atoms with van der Waals surface area (Å²) in [4.78, 5) is 23.1. The zero-order valence-electron chi connectivity index (χ0n) is 10.8. The van der Waals surface area contributed by atoms with Crippen LogP contribution in [0, 0.1) is 5.92 Å². The zero-order chi connectivity index (χ0) is 13.5. The minimum absolute atomic E-state index is 0.0768. The van der Waals surface area contributed by atoms with Gasteiger partial charge in [0.2, 0.25) is 11.8 Å². The van der Waals surface area contributed by atoms with Crippen LogP contribution in [0.2, 0.25) is 0 Å². The van der Waals surface area contributed by atoms with E-state index in [1.807, 2.05) is 37.3 Å². The van der Waals surface area contributed by atoms with E-state index in [0.717, 1.165) is 12.0 Å². The van der Waals surface area contributed by atoms with Gasteiger partial charge in [0.1, 0.15) is 5.92 Å². The van der Waals surface area contributed by atoms with E-state index in [1.54, 1.807) is 6.92 Å². The third-order valence-electron chi connectivity index (χ3n) is 2.99. The van der Waals surface area contributed by atoms with Crippen LogP contribution in [-0.2, 0) is 9.59 Å². The molecule has 0 aliphatic carbocycles. The molecule has 0 saturated heterocycles. The highest BCUT2D eigenvalue weighted by molar-refractivity contribution is 5.99. The first-order chi connectivity index (χ1) is 8.60. The number of hydrogen-bond donors (Lipinski definition) is 2. The van der Waals surface area contributed by atoms with Crippen molar-refractivity contribution in [2.45, 2.75) is 32.7 Å². The summed E-state index contributed by atoms with van der Waals surface area (Å²) < 4.78 is 0. The number of rotatable bonds is 6. The first kappa shape index (κ1) is 14.2. The van der Waals surface area contributed by atoms with Crippen LogP contribution in [0.3, 0.4) is 0 Å². The van der Waals surface area contributed by atoms with Crippen LogP contribution >= 0.6 is 0 Å². The summed E-state index contributed by atoms with van der Waals surface area (Å²) in [6, 6.07) is 9.62. The van der Waals surface area contributed by atoms with Gasteiger partial charge < -0.3 is 11.1 Å². The topological polar surface area (TPSA) is 72.2 Å². The first-order valence-corrected chi connectivity index (χ1v) is 6.24. The van der Waals surface area contributed by atoms with Crippen molar-refractivity contribution in [3.8, 4) is 0 Å². The van der Waals surface area contributed by atoms with Gasteiger partial charge in [0.15, 0.2) is 0 Å². The summed E-state index contributed by atoms with van der Waals surface area (Å²) in [5, 5.41) is 2.88. The molecule has 3 N–H and O–H groups in total. The maximum atomic E-state index is 11.9. The van der Waals surface area contributed by atoms with Crippen LogP contribution in [0.4, 0.5) is 0 Å². The fourth-order valence-electron chi connectivity index (χ4n) is 1.89. The van der Waals surface area contributed by atoms with Gasteiger partial charge in [0.05, 0.1) is 6.04 Å². The van der Waals surface area contributed by atoms with E-state index < -0.39 is 11.8 Å². The molecule has 0 bridgehead atoms. The Morgan fingerprint density at radius 2 is 1.78 bits per heavy atom. The van der Waals surface area contributed by atoms with E-state index in [2.05, 4.69) is 5.32 Å². The van der Waals surface area contributed by atoms with Crippen molar-refractivity contribution in [1.29, 1.82) is 0 Å². The number of amides is 2. The van der Waals surface area contributed by atoms with Gasteiger partial charge in [0.25, 0.3) is 0 Å². The SMILES string of the molecule is CCC(C(N)=O)C(=O)N[C@@H](CC)c1ccccc1. The third-order valence-corrected chi connectivity index (χ3v) is 2.99. The number of carbonyl (C=O) groups is 2. The monoisotopic (exact) mass is 248 g/mol. The van der Waals surface area contributed by atoms with Crippen molar-refractivity contribution >= 4 is 11.8 Å². The Morgan fingerprint density at radius 1 is 1.17 bits per heavy atom. The molecule has 1 aromatic carbocycles. The van der Waals surface area contributed by atoms with Crippen molar-refractivity contribution in [1.82, 2.24) is 5.32 Å². The number of nitrogens with two attached hydrogens (primary N) is 1. The summed E-state index contributed by atoms with van der Waals surface area (Å²) in [6.07, 6.45) is 1.19. The van der Waals surface area contributed by atoms with E-state index in [-0.39, 0.29) is 11.9 Å². The lowest BCUT2D eigenvalue weighted by Gasteiger charge is -2.20. The average molecular weight is 248 g/mol. The molecule has 4 heteroatoms. The van der Waals surface area contributed by atoms with Crippen molar-refractivity contribution in [2.75, 3.05) is 0 Å². The van der Waals surface area contributed by atoms with Gasteiger partial charge in [-0.1, -0.05) is 44.2 Å². The molecule has 4 nitrogen and oxygen atoms in total. The molecule has 2 amide bonds. The minimum atomic E-state index is -0.747. The first-order valence-electron chi connectivity index (χ1n) is 6.24. The molecule has 0 spiro atoms. The van der Waals surface area contributed by atoms with Crippen molar-refractivity contribution in [3.63, 3.8) is 0 Å².